The van der Waals surface area contributed by atoms with Crippen molar-refractivity contribution in [3.8, 4) is 5.75 Å². The molecule has 1 fully saturated rings. The fourth-order valence-corrected chi connectivity index (χ4v) is 4.78. The first-order valence-corrected chi connectivity index (χ1v) is 11.5. The fraction of sp³-hybridized carbons (Fsp3) is 0.350. The summed E-state index contributed by atoms with van der Waals surface area (Å²) in [6.45, 7) is 1.81. The highest BCUT2D eigenvalue weighted by Gasteiger charge is 2.25. The standard InChI is InChI=1S/C20H23BrN2O4S/c21-17-6-4-16(5-7-17)20(24)22-12-15-27-18-8-10-19(11-9-18)28(25,26)23-13-2-1-3-14-23/h4-11H,1-3,12-15H2,(H,22,24). The van der Waals surface area contributed by atoms with Gasteiger partial charge in [-0.2, -0.15) is 4.31 Å². The molecule has 3 rings (SSSR count). The van der Waals surface area contributed by atoms with Gasteiger partial charge in [0, 0.05) is 23.1 Å². The number of sulfonamides is 1. The summed E-state index contributed by atoms with van der Waals surface area (Å²) in [6.07, 6.45) is 2.90. The molecule has 1 N–H and O–H groups in total. The van der Waals surface area contributed by atoms with Gasteiger partial charge in [-0.3, -0.25) is 4.79 Å². The van der Waals surface area contributed by atoms with Crippen molar-refractivity contribution in [2.75, 3.05) is 26.2 Å². The van der Waals surface area contributed by atoms with Crippen molar-refractivity contribution in [2.24, 2.45) is 0 Å². The van der Waals surface area contributed by atoms with Gasteiger partial charge < -0.3 is 10.1 Å². The van der Waals surface area contributed by atoms with E-state index in [0.29, 0.717) is 37.6 Å². The first-order chi connectivity index (χ1) is 13.5. The van der Waals surface area contributed by atoms with Gasteiger partial charge in [0.05, 0.1) is 11.4 Å². The third-order valence-electron chi connectivity index (χ3n) is 4.54. The van der Waals surface area contributed by atoms with E-state index in [1.54, 1.807) is 40.7 Å². The number of halogens is 1. The topological polar surface area (TPSA) is 75.7 Å². The Morgan fingerprint density at radius 3 is 2.29 bits per heavy atom. The highest BCUT2D eigenvalue weighted by Crippen LogP contribution is 2.22. The van der Waals surface area contributed by atoms with Crippen LogP contribution in [0.25, 0.3) is 0 Å². The number of nitrogens with zero attached hydrogens (tertiary/aromatic N) is 1. The first-order valence-electron chi connectivity index (χ1n) is 9.23. The van der Waals surface area contributed by atoms with Crippen molar-refractivity contribution < 1.29 is 17.9 Å². The van der Waals surface area contributed by atoms with Crippen LogP contribution in [-0.4, -0.2) is 44.9 Å². The number of hydrogen-bond acceptors (Lipinski definition) is 4. The minimum absolute atomic E-state index is 0.168. The third-order valence-corrected chi connectivity index (χ3v) is 6.98. The van der Waals surface area contributed by atoms with Crippen LogP contribution in [0.5, 0.6) is 5.75 Å². The molecule has 0 aliphatic carbocycles. The predicted octanol–water partition coefficient (Wildman–Crippen LogP) is 3.43. The molecule has 2 aromatic rings. The Labute approximate surface area is 174 Å². The van der Waals surface area contributed by atoms with Crippen molar-refractivity contribution in [1.82, 2.24) is 9.62 Å². The van der Waals surface area contributed by atoms with Crippen LogP contribution < -0.4 is 10.1 Å². The maximum absolute atomic E-state index is 12.6. The van der Waals surface area contributed by atoms with Crippen LogP contribution in [0.2, 0.25) is 0 Å². The molecule has 8 heteroatoms. The molecular weight excluding hydrogens is 444 g/mol. The van der Waals surface area contributed by atoms with Gasteiger partial charge in [-0.25, -0.2) is 8.42 Å². The summed E-state index contributed by atoms with van der Waals surface area (Å²) in [7, 11) is -3.43. The van der Waals surface area contributed by atoms with Crippen molar-refractivity contribution in [3.63, 3.8) is 0 Å². The molecular formula is C20H23BrN2O4S. The maximum atomic E-state index is 12.6. The van der Waals surface area contributed by atoms with Crippen molar-refractivity contribution in [1.29, 1.82) is 0 Å². The number of piperidine rings is 1. The maximum Gasteiger partial charge on any atom is 0.251 e. The molecule has 1 amide bonds. The molecule has 0 spiro atoms. The second-order valence-electron chi connectivity index (χ2n) is 6.55. The minimum Gasteiger partial charge on any atom is -0.492 e. The Balaban J connectivity index is 1.48. The fourth-order valence-electron chi connectivity index (χ4n) is 3.00. The van der Waals surface area contributed by atoms with E-state index in [4.69, 9.17) is 4.74 Å². The Morgan fingerprint density at radius 2 is 1.64 bits per heavy atom. The lowest BCUT2D eigenvalue weighted by molar-refractivity contribution is 0.0947. The molecule has 0 bridgehead atoms. The molecule has 0 radical (unpaired) electrons. The van der Waals surface area contributed by atoms with E-state index < -0.39 is 10.0 Å². The smallest absolute Gasteiger partial charge is 0.251 e. The number of benzene rings is 2. The number of ether oxygens (including phenoxy) is 1. The molecule has 1 heterocycles. The zero-order valence-electron chi connectivity index (χ0n) is 15.4. The monoisotopic (exact) mass is 466 g/mol. The number of rotatable bonds is 7. The van der Waals surface area contributed by atoms with Crippen molar-refractivity contribution in [2.45, 2.75) is 24.2 Å². The summed E-state index contributed by atoms with van der Waals surface area (Å²) >= 11 is 3.33. The normalized spacial score (nSPS) is 15.2. The zero-order valence-corrected chi connectivity index (χ0v) is 17.8. The second-order valence-corrected chi connectivity index (χ2v) is 9.40. The lowest BCUT2D eigenvalue weighted by Gasteiger charge is -2.25. The molecule has 1 saturated heterocycles. The van der Waals surface area contributed by atoms with E-state index in [1.165, 1.54) is 0 Å². The molecule has 1 aliphatic heterocycles. The molecule has 1 aliphatic rings. The molecule has 0 saturated carbocycles. The molecule has 2 aromatic carbocycles. The summed E-state index contributed by atoms with van der Waals surface area (Å²) in [5.74, 6) is 0.398. The van der Waals surface area contributed by atoms with E-state index in [0.717, 1.165) is 23.7 Å². The van der Waals surface area contributed by atoms with Gasteiger partial charge in [-0.1, -0.05) is 22.4 Å². The largest absolute Gasteiger partial charge is 0.492 e. The lowest BCUT2D eigenvalue weighted by Crippen LogP contribution is -2.35. The molecule has 150 valence electrons. The number of nitrogens with one attached hydrogen (secondary N) is 1. The number of amides is 1. The van der Waals surface area contributed by atoms with Crippen LogP contribution in [0.15, 0.2) is 57.9 Å². The van der Waals surface area contributed by atoms with Gasteiger partial charge in [0.25, 0.3) is 5.91 Å². The van der Waals surface area contributed by atoms with Gasteiger partial charge in [-0.15, -0.1) is 0 Å². The Hall–Kier alpha value is -1.90. The SMILES string of the molecule is O=C(NCCOc1ccc(S(=O)(=O)N2CCCCC2)cc1)c1ccc(Br)cc1. The van der Waals surface area contributed by atoms with Crippen LogP contribution in [0.1, 0.15) is 29.6 Å². The van der Waals surface area contributed by atoms with Gasteiger partial charge >= 0.3 is 0 Å². The van der Waals surface area contributed by atoms with Crippen LogP contribution in [0.4, 0.5) is 0 Å². The highest BCUT2D eigenvalue weighted by molar-refractivity contribution is 9.10. The number of hydrogen-bond donors (Lipinski definition) is 1. The second kappa shape index (κ2) is 9.54. The summed E-state index contributed by atoms with van der Waals surface area (Å²) in [5.41, 5.74) is 0.579. The number of carbonyl (C=O) groups is 1. The zero-order chi connectivity index (χ0) is 20.0. The average Bonchev–Trinajstić information content (AvgIpc) is 2.72. The Kier molecular flexibility index (Phi) is 7.09. The van der Waals surface area contributed by atoms with Gasteiger partial charge in [0.1, 0.15) is 12.4 Å². The van der Waals surface area contributed by atoms with Crippen molar-refractivity contribution in [3.05, 3.63) is 58.6 Å². The van der Waals surface area contributed by atoms with Crippen LogP contribution in [0, 0.1) is 0 Å². The molecule has 0 aromatic heterocycles. The summed E-state index contributed by atoms with van der Waals surface area (Å²) in [6, 6.07) is 13.5. The van der Waals surface area contributed by atoms with Gasteiger partial charge in [0.2, 0.25) is 10.0 Å². The van der Waals surface area contributed by atoms with Crippen LogP contribution in [0.3, 0.4) is 0 Å². The first kappa shape index (κ1) is 20.8. The Morgan fingerprint density at radius 1 is 1.00 bits per heavy atom. The van der Waals surface area contributed by atoms with Crippen LogP contribution >= 0.6 is 15.9 Å². The predicted molar refractivity (Wildman–Crippen MR) is 111 cm³/mol. The van der Waals surface area contributed by atoms with E-state index in [2.05, 4.69) is 21.2 Å². The number of carbonyl (C=O) groups excluding carboxylic acids is 1. The lowest BCUT2D eigenvalue weighted by atomic mass is 10.2. The Bertz CT molecular complexity index is 893. The molecule has 0 atom stereocenters. The third kappa shape index (κ3) is 5.33. The summed E-state index contributed by atoms with van der Waals surface area (Å²) < 4.78 is 33.3. The summed E-state index contributed by atoms with van der Waals surface area (Å²) in [5, 5.41) is 2.79. The van der Waals surface area contributed by atoms with Crippen LogP contribution in [-0.2, 0) is 10.0 Å². The molecule has 0 unspecified atom stereocenters. The molecule has 28 heavy (non-hydrogen) atoms. The molecule has 6 nitrogen and oxygen atoms in total. The van der Waals surface area contributed by atoms with E-state index in [-0.39, 0.29) is 10.8 Å². The highest BCUT2D eigenvalue weighted by atomic mass is 79.9. The van der Waals surface area contributed by atoms with Gasteiger partial charge in [-0.05, 0) is 61.4 Å². The average molecular weight is 467 g/mol. The van der Waals surface area contributed by atoms with Crippen molar-refractivity contribution >= 4 is 31.9 Å². The van der Waals surface area contributed by atoms with E-state index in [9.17, 15) is 13.2 Å². The van der Waals surface area contributed by atoms with E-state index >= 15 is 0 Å². The van der Waals surface area contributed by atoms with Gasteiger partial charge in [0.15, 0.2) is 0 Å². The minimum atomic E-state index is -3.43. The summed E-state index contributed by atoms with van der Waals surface area (Å²) in [4.78, 5) is 12.3. The van der Waals surface area contributed by atoms with E-state index in [1.807, 2.05) is 12.1 Å². The quantitative estimate of drug-likeness (QED) is 0.634.